The third-order valence-electron chi connectivity index (χ3n) is 1.07. The standard InChI is InChI=1S/C5H6ClNO/c1-3-2-7-5(6)4(3)8/h2,5,7H,1H3. The number of carbonyl (C=O) groups is 1. The molecule has 0 aromatic rings. The summed E-state index contributed by atoms with van der Waals surface area (Å²) in [6, 6.07) is 0. The van der Waals surface area contributed by atoms with E-state index in [1.54, 1.807) is 13.1 Å². The van der Waals surface area contributed by atoms with Gasteiger partial charge in [-0.25, -0.2) is 0 Å². The van der Waals surface area contributed by atoms with Crippen molar-refractivity contribution in [2.45, 2.75) is 12.4 Å². The largest absolute Gasteiger partial charge is 0.369 e. The van der Waals surface area contributed by atoms with E-state index < -0.39 is 5.50 Å². The maximum atomic E-state index is 10.6. The van der Waals surface area contributed by atoms with E-state index in [9.17, 15) is 4.79 Å². The molecule has 8 heavy (non-hydrogen) atoms. The molecule has 1 atom stereocenters. The minimum absolute atomic E-state index is 0.0216. The van der Waals surface area contributed by atoms with Gasteiger partial charge in [0.25, 0.3) is 0 Å². The third-order valence-corrected chi connectivity index (χ3v) is 1.39. The summed E-state index contributed by atoms with van der Waals surface area (Å²) in [4.78, 5) is 10.6. The Morgan fingerprint density at radius 3 is 2.62 bits per heavy atom. The number of Topliss-reactive ketones (excluding diaryl/α,β-unsaturated/α-hetero) is 1. The van der Waals surface area contributed by atoms with Crippen LogP contribution >= 0.6 is 11.6 Å². The van der Waals surface area contributed by atoms with E-state index in [4.69, 9.17) is 11.6 Å². The summed E-state index contributed by atoms with van der Waals surface area (Å²) in [5.74, 6) is -0.0216. The van der Waals surface area contributed by atoms with Crippen molar-refractivity contribution in [1.82, 2.24) is 5.32 Å². The minimum atomic E-state index is -0.519. The molecule has 0 amide bonds. The molecule has 0 aromatic heterocycles. The lowest BCUT2D eigenvalue weighted by molar-refractivity contribution is -0.114. The lowest BCUT2D eigenvalue weighted by Gasteiger charge is -1.94. The van der Waals surface area contributed by atoms with Gasteiger partial charge in [-0.2, -0.15) is 0 Å². The molecular formula is C5H6ClNO. The van der Waals surface area contributed by atoms with Crippen LogP contribution in [0.1, 0.15) is 6.92 Å². The van der Waals surface area contributed by atoms with Crippen molar-refractivity contribution in [2.75, 3.05) is 0 Å². The van der Waals surface area contributed by atoms with Crippen LogP contribution in [0.2, 0.25) is 0 Å². The summed E-state index contributed by atoms with van der Waals surface area (Å²) in [5.41, 5.74) is 0.181. The van der Waals surface area contributed by atoms with Crippen molar-refractivity contribution in [2.24, 2.45) is 0 Å². The number of halogens is 1. The maximum absolute atomic E-state index is 10.6. The summed E-state index contributed by atoms with van der Waals surface area (Å²) in [6.45, 7) is 1.73. The molecule has 1 aliphatic heterocycles. The fourth-order valence-corrected chi connectivity index (χ4v) is 0.780. The average molecular weight is 132 g/mol. The molecule has 1 rings (SSSR count). The van der Waals surface area contributed by atoms with E-state index in [1.165, 1.54) is 0 Å². The Labute approximate surface area is 52.5 Å². The molecule has 0 saturated heterocycles. The molecule has 0 aliphatic carbocycles. The number of rotatable bonds is 0. The van der Waals surface area contributed by atoms with Gasteiger partial charge in [-0.3, -0.25) is 4.79 Å². The number of ketones is 1. The number of carbonyl (C=O) groups excluding carboxylic acids is 1. The second-order valence-corrected chi connectivity index (χ2v) is 2.16. The van der Waals surface area contributed by atoms with E-state index in [0.29, 0.717) is 5.57 Å². The topological polar surface area (TPSA) is 29.1 Å². The van der Waals surface area contributed by atoms with Crippen LogP contribution in [-0.2, 0) is 4.79 Å². The highest BCUT2D eigenvalue weighted by Crippen LogP contribution is 2.08. The molecule has 1 heterocycles. The zero-order valence-electron chi connectivity index (χ0n) is 4.44. The summed E-state index contributed by atoms with van der Waals surface area (Å²) in [5, 5.41) is 2.67. The molecule has 0 bridgehead atoms. The third kappa shape index (κ3) is 0.713. The lowest BCUT2D eigenvalue weighted by atomic mass is 10.2. The molecule has 44 valence electrons. The van der Waals surface area contributed by atoms with Gasteiger partial charge in [0.2, 0.25) is 0 Å². The number of hydrogen-bond acceptors (Lipinski definition) is 2. The van der Waals surface area contributed by atoms with Crippen LogP contribution in [0.25, 0.3) is 0 Å². The van der Waals surface area contributed by atoms with Gasteiger partial charge in [-0.05, 0) is 6.92 Å². The number of hydrogen-bond donors (Lipinski definition) is 1. The maximum Gasteiger partial charge on any atom is 0.197 e. The first kappa shape index (κ1) is 5.63. The van der Waals surface area contributed by atoms with E-state index >= 15 is 0 Å². The first-order valence-corrected chi connectivity index (χ1v) is 2.76. The fraction of sp³-hybridized carbons (Fsp3) is 0.400. The summed E-state index contributed by atoms with van der Waals surface area (Å²) in [7, 11) is 0. The van der Waals surface area contributed by atoms with Gasteiger partial charge in [-0.15, -0.1) is 0 Å². The van der Waals surface area contributed by atoms with Crippen molar-refractivity contribution >= 4 is 17.4 Å². The van der Waals surface area contributed by atoms with Gasteiger partial charge in [0, 0.05) is 11.8 Å². The van der Waals surface area contributed by atoms with Crippen LogP contribution in [0.5, 0.6) is 0 Å². The molecule has 1 aliphatic rings. The Balaban J connectivity index is 2.73. The van der Waals surface area contributed by atoms with Crippen molar-refractivity contribution in [3.63, 3.8) is 0 Å². The number of alkyl halides is 1. The molecule has 0 radical (unpaired) electrons. The normalized spacial score (nSPS) is 27.5. The van der Waals surface area contributed by atoms with Crippen LogP contribution in [0.4, 0.5) is 0 Å². The Hall–Kier alpha value is -0.500. The van der Waals surface area contributed by atoms with Crippen molar-refractivity contribution in [1.29, 1.82) is 0 Å². The van der Waals surface area contributed by atoms with Gasteiger partial charge in [0.05, 0.1) is 0 Å². The van der Waals surface area contributed by atoms with E-state index in [1.807, 2.05) is 0 Å². The highest BCUT2D eigenvalue weighted by Gasteiger charge is 2.20. The molecule has 0 aromatic carbocycles. The molecule has 3 heteroatoms. The second kappa shape index (κ2) is 1.78. The predicted molar refractivity (Wildman–Crippen MR) is 31.5 cm³/mol. The van der Waals surface area contributed by atoms with Crippen LogP contribution in [0, 0.1) is 0 Å². The zero-order chi connectivity index (χ0) is 6.15. The van der Waals surface area contributed by atoms with Gasteiger partial charge < -0.3 is 5.32 Å². The van der Waals surface area contributed by atoms with E-state index in [-0.39, 0.29) is 5.78 Å². The van der Waals surface area contributed by atoms with Crippen molar-refractivity contribution in [3.05, 3.63) is 11.8 Å². The smallest absolute Gasteiger partial charge is 0.197 e. The molecule has 1 N–H and O–H groups in total. The highest BCUT2D eigenvalue weighted by molar-refractivity contribution is 6.34. The molecule has 2 nitrogen and oxygen atoms in total. The average Bonchev–Trinajstić information content (AvgIpc) is 1.98. The van der Waals surface area contributed by atoms with E-state index in [2.05, 4.69) is 5.32 Å². The lowest BCUT2D eigenvalue weighted by Crippen LogP contribution is -2.19. The quantitative estimate of drug-likeness (QED) is 0.386. The van der Waals surface area contributed by atoms with Crippen LogP contribution < -0.4 is 5.32 Å². The first-order chi connectivity index (χ1) is 3.72. The fourth-order valence-electron chi connectivity index (χ4n) is 0.545. The molecule has 0 spiro atoms. The predicted octanol–water partition coefficient (Wildman–Crippen LogP) is 0.627. The highest BCUT2D eigenvalue weighted by atomic mass is 35.5. The molecule has 0 saturated carbocycles. The van der Waals surface area contributed by atoms with Crippen molar-refractivity contribution < 1.29 is 4.79 Å². The summed E-state index contributed by atoms with van der Waals surface area (Å²) in [6.07, 6.45) is 1.62. The van der Waals surface area contributed by atoms with Gasteiger partial charge in [0.15, 0.2) is 11.3 Å². The second-order valence-electron chi connectivity index (χ2n) is 1.72. The number of nitrogens with one attached hydrogen (secondary N) is 1. The first-order valence-electron chi connectivity index (χ1n) is 2.33. The van der Waals surface area contributed by atoms with Crippen LogP contribution in [0.3, 0.4) is 0 Å². The van der Waals surface area contributed by atoms with Crippen LogP contribution in [0.15, 0.2) is 11.8 Å². The van der Waals surface area contributed by atoms with Gasteiger partial charge in [0.1, 0.15) is 0 Å². The minimum Gasteiger partial charge on any atom is -0.369 e. The Kier molecular flexibility index (Phi) is 1.26. The Bertz CT molecular complexity index is 153. The summed E-state index contributed by atoms with van der Waals surface area (Å²) < 4.78 is 0. The molecular weight excluding hydrogens is 126 g/mol. The molecule has 1 unspecified atom stereocenters. The SMILES string of the molecule is CC1=CNC(Cl)C1=O. The Morgan fingerprint density at radius 2 is 2.50 bits per heavy atom. The monoisotopic (exact) mass is 131 g/mol. The van der Waals surface area contributed by atoms with E-state index in [0.717, 1.165) is 0 Å². The van der Waals surface area contributed by atoms with Crippen molar-refractivity contribution in [3.8, 4) is 0 Å². The Morgan fingerprint density at radius 1 is 1.88 bits per heavy atom. The summed E-state index contributed by atoms with van der Waals surface area (Å²) >= 11 is 5.44. The molecule has 0 fully saturated rings. The zero-order valence-corrected chi connectivity index (χ0v) is 5.20. The van der Waals surface area contributed by atoms with Gasteiger partial charge in [-0.1, -0.05) is 11.6 Å². The van der Waals surface area contributed by atoms with Crippen LogP contribution in [-0.4, -0.2) is 11.3 Å². The van der Waals surface area contributed by atoms with Gasteiger partial charge >= 0.3 is 0 Å².